The first-order valence-corrected chi connectivity index (χ1v) is 13.3. The molecule has 0 saturated carbocycles. The second kappa shape index (κ2) is 8.58. The minimum Gasteiger partial charge on any atom is -0.456 e. The zero-order chi connectivity index (χ0) is 26.7. The molecule has 0 fully saturated rings. The third-order valence-electron chi connectivity index (χ3n) is 7.88. The molecule has 0 aromatic heterocycles. The number of nitrogens with zero attached hydrogens (tertiary/aromatic N) is 1. The molecule has 0 radical (unpaired) electrons. The van der Waals surface area contributed by atoms with E-state index in [9.17, 15) is 4.79 Å². The summed E-state index contributed by atoms with van der Waals surface area (Å²) in [6.07, 6.45) is 0. The predicted octanol–water partition coefficient (Wildman–Crippen LogP) is 8.88. The van der Waals surface area contributed by atoms with Gasteiger partial charge in [-0.2, -0.15) is 0 Å². The summed E-state index contributed by atoms with van der Waals surface area (Å²) in [5, 5.41) is 2.25. The van der Waals surface area contributed by atoms with Gasteiger partial charge in [-0.25, -0.2) is 4.79 Å². The first kappa shape index (κ1) is 22.6. The largest absolute Gasteiger partial charge is 0.456 e. The Hall–Kier alpha value is -5.35. The van der Waals surface area contributed by atoms with Gasteiger partial charge < -0.3 is 14.4 Å². The van der Waals surface area contributed by atoms with Gasteiger partial charge in [0.15, 0.2) is 5.60 Å². The van der Waals surface area contributed by atoms with Crippen molar-refractivity contribution in [2.75, 3.05) is 4.90 Å². The molecule has 4 nitrogen and oxygen atoms in total. The third kappa shape index (κ3) is 3.10. The Kier molecular flexibility index (Phi) is 4.85. The predicted molar refractivity (Wildman–Crippen MR) is 157 cm³/mol. The number of carbonyl (C=O) groups is 1. The second-order valence-electron chi connectivity index (χ2n) is 10.0. The van der Waals surface area contributed by atoms with Gasteiger partial charge in [0.25, 0.3) is 0 Å². The van der Waals surface area contributed by atoms with Gasteiger partial charge in [-0.15, -0.1) is 0 Å². The lowest BCUT2D eigenvalue weighted by Crippen LogP contribution is -2.34. The Morgan fingerprint density at radius 2 is 1.20 bits per heavy atom. The lowest BCUT2D eigenvalue weighted by molar-refractivity contribution is 0.0226. The summed E-state index contributed by atoms with van der Waals surface area (Å²) in [7, 11) is 0. The van der Waals surface area contributed by atoms with Crippen molar-refractivity contribution in [3.8, 4) is 11.5 Å². The van der Waals surface area contributed by atoms with Crippen LogP contribution in [0.5, 0.6) is 11.5 Å². The van der Waals surface area contributed by atoms with E-state index < -0.39 is 5.60 Å². The van der Waals surface area contributed by atoms with Crippen LogP contribution in [0.1, 0.15) is 27.0 Å². The van der Waals surface area contributed by atoms with Crippen molar-refractivity contribution in [2.24, 2.45) is 0 Å². The summed E-state index contributed by atoms with van der Waals surface area (Å²) >= 11 is 0. The van der Waals surface area contributed by atoms with E-state index in [0.717, 1.165) is 44.5 Å². The van der Waals surface area contributed by atoms with Crippen LogP contribution in [0, 0.1) is 0 Å². The van der Waals surface area contributed by atoms with Gasteiger partial charge in [0.05, 0.1) is 22.5 Å². The Morgan fingerprint density at radius 3 is 2.10 bits per heavy atom. The van der Waals surface area contributed by atoms with E-state index in [-0.39, 0.29) is 5.97 Å². The highest BCUT2D eigenvalue weighted by Gasteiger charge is 2.55. The molecular weight excluding hydrogens is 494 g/mol. The van der Waals surface area contributed by atoms with Crippen LogP contribution in [-0.4, -0.2) is 5.97 Å². The van der Waals surface area contributed by atoms with E-state index in [4.69, 9.17) is 9.47 Å². The summed E-state index contributed by atoms with van der Waals surface area (Å²) in [6, 6.07) is 46.5. The zero-order valence-corrected chi connectivity index (χ0v) is 21.5. The van der Waals surface area contributed by atoms with Gasteiger partial charge in [-0.05, 0) is 47.9 Å². The quantitative estimate of drug-likeness (QED) is 0.220. The molecule has 0 N–H and O–H groups in total. The molecule has 1 spiro atoms. The van der Waals surface area contributed by atoms with Crippen LogP contribution in [0.2, 0.25) is 0 Å². The summed E-state index contributed by atoms with van der Waals surface area (Å²) < 4.78 is 13.1. The Balaban J connectivity index is 1.49. The van der Waals surface area contributed by atoms with E-state index in [1.807, 2.05) is 78.9 Å². The number of rotatable bonds is 3. The summed E-state index contributed by atoms with van der Waals surface area (Å²) in [5.74, 6) is 0.986. The summed E-state index contributed by atoms with van der Waals surface area (Å²) in [5.41, 5.74) is 4.68. The molecule has 8 rings (SSSR count). The Morgan fingerprint density at radius 1 is 0.550 bits per heavy atom. The van der Waals surface area contributed by atoms with Crippen LogP contribution in [0.3, 0.4) is 0 Å². The van der Waals surface area contributed by atoms with Crippen molar-refractivity contribution in [2.45, 2.75) is 5.60 Å². The SMILES string of the molecule is O=C1OC2(c3ccccc3Oc3cccc(N(c4ccccc4)c4cccc5ccccc45)c32)c2ccccc21. The highest BCUT2D eigenvalue weighted by Crippen LogP contribution is 2.59. The molecule has 4 heteroatoms. The number of fused-ring (bicyclic) bond motifs is 7. The van der Waals surface area contributed by atoms with Crippen LogP contribution < -0.4 is 9.64 Å². The van der Waals surface area contributed by atoms with E-state index >= 15 is 0 Å². The minimum atomic E-state index is -1.17. The van der Waals surface area contributed by atoms with Gasteiger partial charge in [0.2, 0.25) is 0 Å². The van der Waals surface area contributed by atoms with Crippen LogP contribution in [0.25, 0.3) is 10.8 Å². The van der Waals surface area contributed by atoms with E-state index in [1.165, 1.54) is 0 Å². The fraction of sp³-hybridized carbons (Fsp3) is 0.0278. The number of benzene rings is 6. The van der Waals surface area contributed by atoms with E-state index in [1.54, 1.807) is 0 Å². The minimum absolute atomic E-state index is 0.343. The number of hydrogen-bond donors (Lipinski definition) is 0. The molecule has 2 aliphatic heterocycles. The number of hydrogen-bond acceptors (Lipinski definition) is 4. The number of para-hydroxylation sites is 2. The van der Waals surface area contributed by atoms with Crippen LogP contribution in [0.15, 0.2) is 140 Å². The highest BCUT2D eigenvalue weighted by molar-refractivity contribution is 6.01. The van der Waals surface area contributed by atoms with Crippen molar-refractivity contribution < 1.29 is 14.3 Å². The highest BCUT2D eigenvalue weighted by atomic mass is 16.6. The van der Waals surface area contributed by atoms with E-state index in [0.29, 0.717) is 17.1 Å². The molecule has 1 atom stereocenters. The molecule has 2 aliphatic rings. The number of esters is 1. The van der Waals surface area contributed by atoms with Gasteiger partial charge in [-0.3, -0.25) is 0 Å². The molecular formula is C36H23NO3. The molecule has 0 aliphatic carbocycles. The Labute approximate surface area is 231 Å². The smallest absolute Gasteiger partial charge is 0.340 e. The monoisotopic (exact) mass is 517 g/mol. The van der Waals surface area contributed by atoms with Crippen molar-refractivity contribution in [1.29, 1.82) is 0 Å². The topological polar surface area (TPSA) is 38.8 Å². The standard InChI is InChI=1S/C36H23NO3/c38-35-27-17-6-7-18-28(27)36(40-35)29-19-8-9-22-32(29)39-33-23-11-21-31(34(33)36)37(25-14-2-1-3-15-25)30-20-10-13-24-12-4-5-16-26(24)30/h1-23H. The van der Waals surface area contributed by atoms with Crippen LogP contribution in [-0.2, 0) is 10.3 Å². The summed E-state index contributed by atoms with van der Waals surface area (Å²) in [4.78, 5) is 15.7. The van der Waals surface area contributed by atoms with Gasteiger partial charge in [0.1, 0.15) is 11.5 Å². The fourth-order valence-electron chi connectivity index (χ4n) is 6.24. The molecule has 2 heterocycles. The van der Waals surface area contributed by atoms with Crippen LogP contribution >= 0.6 is 0 Å². The van der Waals surface area contributed by atoms with E-state index in [2.05, 4.69) is 65.6 Å². The zero-order valence-electron chi connectivity index (χ0n) is 21.5. The number of anilines is 3. The lowest BCUT2D eigenvalue weighted by atomic mass is 9.76. The van der Waals surface area contributed by atoms with Gasteiger partial charge in [-0.1, -0.05) is 97.1 Å². The lowest BCUT2D eigenvalue weighted by Gasteiger charge is -2.40. The number of ether oxygens (including phenoxy) is 2. The van der Waals surface area contributed by atoms with Crippen LogP contribution in [0.4, 0.5) is 17.1 Å². The molecule has 40 heavy (non-hydrogen) atoms. The molecule has 0 saturated heterocycles. The van der Waals surface area contributed by atoms with Crippen molar-refractivity contribution in [3.63, 3.8) is 0 Å². The molecule has 1 unspecified atom stereocenters. The first-order valence-electron chi connectivity index (χ1n) is 13.3. The average Bonchev–Trinajstić information content (AvgIpc) is 3.30. The van der Waals surface area contributed by atoms with Crippen molar-refractivity contribution >= 4 is 33.8 Å². The third-order valence-corrected chi connectivity index (χ3v) is 7.88. The number of carbonyl (C=O) groups excluding carboxylic acids is 1. The Bertz CT molecular complexity index is 1940. The second-order valence-corrected chi connectivity index (χ2v) is 10.0. The van der Waals surface area contributed by atoms with Gasteiger partial charge >= 0.3 is 5.97 Å². The normalized spacial score (nSPS) is 16.6. The average molecular weight is 518 g/mol. The molecule has 190 valence electrons. The first-order chi connectivity index (χ1) is 19.8. The fourth-order valence-corrected chi connectivity index (χ4v) is 6.24. The molecule has 0 bridgehead atoms. The van der Waals surface area contributed by atoms with Crippen molar-refractivity contribution in [1.82, 2.24) is 0 Å². The molecule has 6 aromatic carbocycles. The summed E-state index contributed by atoms with van der Waals surface area (Å²) in [6.45, 7) is 0. The molecule has 0 amide bonds. The maximum Gasteiger partial charge on any atom is 0.340 e. The maximum absolute atomic E-state index is 13.5. The maximum atomic E-state index is 13.5. The molecule has 6 aromatic rings. The van der Waals surface area contributed by atoms with Gasteiger partial charge in [0, 0.05) is 22.2 Å². The van der Waals surface area contributed by atoms with Crippen molar-refractivity contribution in [3.05, 3.63) is 162 Å².